The van der Waals surface area contributed by atoms with Crippen molar-refractivity contribution in [3.63, 3.8) is 0 Å². The first-order valence-electron chi connectivity index (χ1n) is 5.16. The van der Waals surface area contributed by atoms with Crippen LogP contribution < -0.4 is 5.32 Å². The highest BCUT2D eigenvalue weighted by Gasteiger charge is 2.21. The standard InChI is InChI=1S/C12H11ClN4O2/c1-16-6-8(5-15)11-10(12(18)19-2)7(4-14)3-9(13)17-11/h3,5-6,15-16H,1-2H3/b8-6+,15-5?. The number of carbonyl (C=O) groups excluding carboxylic acids is 1. The number of pyridine rings is 1. The van der Waals surface area contributed by atoms with Gasteiger partial charge < -0.3 is 15.5 Å². The van der Waals surface area contributed by atoms with E-state index in [9.17, 15) is 4.79 Å². The van der Waals surface area contributed by atoms with Gasteiger partial charge in [0.1, 0.15) is 16.8 Å². The highest BCUT2D eigenvalue weighted by Crippen LogP contribution is 2.23. The van der Waals surface area contributed by atoms with Crippen molar-refractivity contribution in [2.24, 2.45) is 0 Å². The molecule has 1 rings (SSSR count). The molecule has 0 aliphatic heterocycles. The largest absolute Gasteiger partial charge is 0.465 e. The molecule has 0 unspecified atom stereocenters. The summed E-state index contributed by atoms with van der Waals surface area (Å²) in [5, 5.41) is 19.2. The summed E-state index contributed by atoms with van der Waals surface area (Å²) in [7, 11) is 2.84. The zero-order chi connectivity index (χ0) is 14.4. The van der Waals surface area contributed by atoms with Crippen molar-refractivity contribution in [3.8, 4) is 6.07 Å². The molecule has 0 radical (unpaired) electrons. The third-order valence-corrected chi connectivity index (χ3v) is 2.42. The first-order chi connectivity index (χ1) is 9.08. The Morgan fingerprint density at radius 1 is 1.68 bits per heavy atom. The number of nitrogens with zero attached hydrogens (tertiary/aromatic N) is 2. The molecule has 0 fully saturated rings. The van der Waals surface area contributed by atoms with Crippen LogP contribution in [0.2, 0.25) is 5.15 Å². The molecule has 0 atom stereocenters. The number of hydrogen-bond acceptors (Lipinski definition) is 6. The molecular weight excluding hydrogens is 268 g/mol. The smallest absolute Gasteiger partial charge is 0.341 e. The summed E-state index contributed by atoms with van der Waals surface area (Å²) in [6.45, 7) is 0. The van der Waals surface area contributed by atoms with Crippen molar-refractivity contribution in [1.82, 2.24) is 10.3 Å². The Bertz CT molecular complexity index is 590. The van der Waals surface area contributed by atoms with E-state index in [4.69, 9.17) is 22.3 Å². The first kappa shape index (κ1) is 14.7. The summed E-state index contributed by atoms with van der Waals surface area (Å²) in [6, 6.07) is 3.14. The molecule has 0 saturated heterocycles. The Balaban J connectivity index is 3.66. The van der Waals surface area contributed by atoms with Gasteiger partial charge in [0.25, 0.3) is 0 Å². The van der Waals surface area contributed by atoms with Crippen LogP contribution in [-0.2, 0) is 4.74 Å². The van der Waals surface area contributed by atoms with Gasteiger partial charge in [0.15, 0.2) is 0 Å². The maximum absolute atomic E-state index is 11.8. The lowest BCUT2D eigenvalue weighted by atomic mass is 10.0. The van der Waals surface area contributed by atoms with Crippen LogP contribution in [0.3, 0.4) is 0 Å². The van der Waals surface area contributed by atoms with Crippen LogP contribution in [0.25, 0.3) is 5.57 Å². The quantitative estimate of drug-likeness (QED) is 0.495. The Labute approximate surface area is 115 Å². The van der Waals surface area contributed by atoms with Crippen molar-refractivity contribution >= 4 is 29.4 Å². The minimum atomic E-state index is -0.709. The van der Waals surface area contributed by atoms with E-state index in [1.807, 2.05) is 6.07 Å². The number of esters is 1. The minimum Gasteiger partial charge on any atom is -0.465 e. The highest BCUT2D eigenvalue weighted by atomic mass is 35.5. The zero-order valence-corrected chi connectivity index (χ0v) is 11.1. The van der Waals surface area contributed by atoms with Gasteiger partial charge in [-0.1, -0.05) is 11.6 Å². The number of rotatable bonds is 4. The Kier molecular flexibility index (Phi) is 5.03. The lowest BCUT2D eigenvalue weighted by molar-refractivity contribution is 0.0599. The van der Waals surface area contributed by atoms with Crippen LogP contribution in [0.15, 0.2) is 12.3 Å². The third kappa shape index (κ3) is 3.09. The van der Waals surface area contributed by atoms with Gasteiger partial charge in [-0.2, -0.15) is 5.26 Å². The van der Waals surface area contributed by atoms with Crippen molar-refractivity contribution < 1.29 is 9.53 Å². The average Bonchev–Trinajstić information content (AvgIpc) is 2.42. The van der Waals surface area contributed by atoms with E-state index in [1.54, 1.807) is 7.05 Å². The molecule has 1 aromatic rings. The fraction of sp³-hybridized carbons (Fsp3) is 0.167. The predicted molar refractivity (Wildman–Crippen MR) is 71.1 cm³/mol. The predicted octanol–water partition coefficient (Wildman–Crippen LogP) is 1.60. The van der Waals surface area contributed by atoms with E-state index in [1.165, 1.54) is 19.4 Å². The van der Waals surface area contributed by atoms with E-state index >= 15 is 0 Å². The molecular formula is C12H11ClN4O2. The molecule has 2 N–H and O–H groups in total. The molecule has 0 saturated carbocycles. The zero-order valence-electron chi connectivity index (χ0n) is 10.3. The van der Waals surface area contributed by atoms with Gasteiger partial charge >= 0.3 is 5.97 Å². The second kappa shape index (κ2) is 6.52. The van der Waals surface area contributed by atoms with Gasteiger partial charge in [-0.05, 0) is 6.07 Å². The van der Waals surface area contributed by atoms with Crippen molar-refractivity contribution in [2.45, 2.75) is 0 Å². The summed E-state index contributed by atoms with van der Waals surface area (Å²) < 4.78 is 4.64. The number of carbonyl (C=O) groups is 1. The van der Waals surface area contributed by atoms with E-state index < -0.39 is 5.97 Å². The second-order valence-electron chi connectivity index (χ2n) is 3.35. The number of halogens is 1. The SMILES string of the molecule is CN/C=C(\C=N)c1nc(Cl)cc(C#N)c1C(=O)OC. The molecule has 7 heteroatoms. The summed E-state index contributed by atoms with van der Waals surface area (Å²) in [5.74, 6) is -0.709. The Morgan fingerprint density at radius 2 is 2.37 bits per heavy atom. The number of aromatic nitrogens is 1. The van der Waals surface area contributed by atoms with Crippen molar-refractivity contribution in [3.05, 3.63) is 34.2 Å². The molecule has 0 aromatic carbocycles. The molecule has 19 heavy (non-hydrogen) atoms. The number of nitriles is 1. The summed E-state index contributed by atoms with van der Waals surface area (Å²) >= 11 is 5.81. The Morgan fingerprint density at radius 3 is 2.84 bits per heavy atom. The Hall–Kier alpha value is -2.39. The maximum atomic E-state index is 11.8. The molecule has 98 valence electrons. The number of nitrogens with one attached hydrogen (secondary N) is 2. The van der Waals surface area contributed by atoms with Crippen molar-refractivity contribution in [2.75, 3.05) is 14.2 Å². The van der Waals surface area contributed by atoms with Gasteiger partial charge in [0.2, 0.25) is 0 Å². The van der Waals surface area contributed by atoms with E-state index in [2.05, 4.69) is 15.0 Å². The highest BCUT2D eigenvalue weighted by molar-refractivity contribution is 6.30. The van der Waals surface area contributed by atoms with Gasteiger partial charge in [-0.3, -0.25) is 0 Å². The number of allylic oxidation sites excluding steroid dienone is 1. The number of methoxy groups -OCH3 is 1. The summed E-state index contributed by atoms with van der Waals surface area (Å²) in [5.41, 5.74) is 0.465. The number of ether oxygens (including phenoxy) is 1. The van der Waals surface area contributed by atoms with E-state index in [-0.39, 0.29) is 22.0 Å². The van der Waals surface area contributed by atoms with Gasteiger partial charge in [-0.25, -0.2) is 9.78 Å². The summed E-state index contributed by atoms with van der Waals surface area (Å²) in [4.78, 5) is 15.8. The number of hydrogen-bond donors (Lipinski definition) is 2. The molecule has 0 amide bonds. The average molecular weight is 279 g/mol. The topological polar surface area (TPSA) is 98.9 Å². The van der Waals surface area contributed by atoms with Crippen LogP contribution in [0.4, 0.5) is 0 Å². The van der Waals surface area contributed by atoms with Gasteiger partial charge in [0, 0.05) is 25.0 Å². The molecule has 1 aromatic heterocycles. The fourth-order valence-electron chi connectivity index (χ4n) is 1.45. The molecule has 0 bridgehead atoms. The third-order valence-electron chi connectivity index (χ3n) is 2.23. The minimum absolute atomic E-state index is 0.0144. The fourth-order valence-corrected chi connectivity index (χ4v) is 1.65. The summed E-state index contributed by atoms with van der Waals surface area (Å²) in [6.07, 6.45) is 2.47. The van der Waals surface area contributed by atoms with Crippen LogP contribution in [0.5, 0.6) is 0 Å². The van der Waals surface area contributed by atoms with Crippen LogP contribution >= 0.6 is 11.6 Å². The lowest BCUT2D eigenvalue weighted by Gasteiger charge is -2.09. The van der Waals surface area contributed by atoms with Gasteiger partial charge in [0.05, 0.1) is 18.4 Å². The van der Waals surface area contributed by atoms with Crippen LogP contribution in [-0.4, -0.2) is 31.3 Å². The molecule has 1 heterocycles. The van der Waals surface area contributed by atoms with E-state index in [0.717, 1.165) is 6.21 Å². The van der Waals surface area contributed by atoms with Gasteiger partial charge in [-0.15, -0.1) is 0 Å². The lowest BCUT2D eigenvalue weighted by Crippen LogP contribution is -2.12. The second-order valence-corrected chi connectivity index (χ2v) is 3.74. The maximum Gasteiger partial charge on any atom is 0.341 e. The molecule has 6 nitrogen and oxygen atoms in total. The first-order valence-corrected chi connectivity index (χ1v) is 5.54. The molecule has 0 aliphatic carbocycles. The molecule has 0 spiro atoms. The van der Waals surface area contributed by atoms with Crippen LogP contribution in [0.1, 0.15) is 21.6 Å². The van der Waals surface area contributed by atoms with Crippen LogP contribution in [0, 0.1) is 16.7 Å². The normalized spacial score (nSPS) is 10.5. The van der Waals surface area contributed by atoms with E-state index in [0.29, 0.717) is 5.57 Å². The van der Waals surface area contributed by atoms with Crippen molar-refractivity contribution in [1.29, 1.82) is 10.7 Å². The monoisotopic (exact) mass is 278 g/mol. The molecule has 0 aliphatic rings.